The third kappa shape index (κ3) is 5.33. The van der Waals surface area contributed by atoms with Crippen molar-refractivity contribution in [1.29, 1.82) is 0 Å². The molecule has 4 N–H and O–H groups in total. The second kappa shape index (κ2) is 8.82. The van der Waals surface area contributed by atoms with Crippen molar-refractivity contribution < 1.29 is 14.6 Å². The summed E-state index contributed by atoms with van der Waals surface area (Å²) in [6.07, 6.45) is -0.617. The zero-order valence-electron chi connectivity index (χ0n) is 13.4. The van der Waals surface area contributed by atoms with Gasteiger partial charge in [0.05, 0.1) is 6.10 Å². The highest BCUT2D eigenvalue weighted by Gasteiger charge is 2.16. The van der Waals surface area contributed by atoms with Gasteiger partial charge in [-0.15, -0.1) is 0 Å². The van der Waals surface area contributed by atoms with Crippen LogP contribution in [0.2, 0.25) is 0 Å². The van der Waals surface area contributed by atoms with E-state index < -0.39 is 12.0 Å². The van der Waals surface area contributed by atoms with E-state index in [9.17, 15) is 9.90 Å². The number of carbonyl (C=O) groups excluding carboxylic acids is 1. The smallest absolute Gasteiger partial charge is 0.255 e. The number of hydrogen-bond acceptors (Lipinski definition) is 4. The maximum Gasteiger partial charge on any atom is 0.255 e. The van der Waals surface area contributed by atoms with E-state index in [-0.39, 0.29) is 12.6 Å². The molecule has 2 atom stereocenters. The number of aliphatic hydroxyl groups is 1. The number of ether oxygens (including phenoxy) is 1. The molecule has 0 heterocycles. The van der Waals surface area contributed by atoms with Gasteiger partial charge in [0.1, 0.15) is 5.75 Å². The fraction of sp³-hybridized carbons (Fsp3) is 0.278. The summed E-state index contributed by atoms with van der Waals surface area (Å²) in [5.41, 5.74) is 6.86. The standard InChI is InChI=1S/C18H21BrN2O3/c1-12(18(23)13-5-3-2-4-6-13)21-10-14-9-15(19)7-8-16(14)24-11-17(20)22/h2-9,12,18,21,23H,10-11H2,1H3,(H2,20,22). The van der Waals surface area contributed by atoms with E-state index in [4.69, 9.17) is 10.5 Å². The van der Waals surface area contributed by atoms with E-state index in [1.165, 1.54) is 0 Å². The number of amides is 1. The maximum atomic E-state index is 10.9. The van der Waals surface area contributed by atoms with Crippen LogP contribution in [0.1, 0.15) is 24.2 Å². The van der Waals surface area contributed by atoms with Crippen molar-refractivity contribution in [2.45, 2.75) is 25.6 Å². The fourth-order valence-electron chi connectivity index (χ4n) is 2.30. The molecule has 0 fully saturated rings. The first-order valence-corrected chi connectivity index (χ1v) is 8.42. The van der Waals surface area contributed by atoms with Gasteiger partial charge in [0.25, 0.3) is 5.91 Å². The van der Waals surface area contributed by atoms with Gasteiger partial charge in [-0.2, -0.15) is 0 Å². The minimum absolute atomic E-state index is 0.157. The molecule has 0 aliphatic carbocycles. The molecule has 2 unspecified atom stereocenters. The summed E-state index contributed by atoms with van der Waals surface area (Å²) in [6, 6.07) is 14.9. The quantitative estimate of drug-likeness (QED) is 0.644. The molecule has 24 heavy (non-hydrogen) atoms. The Kier molecular flexibility index (Phi) is 6.78. The predicted molar refractivity (Wildman–Crippen MR) is 96.5 cm³/mol. The van der Waals surface area contributed by atoms with Crippen LogP contribution in [0.4, 0.5) is 0 Å². The zero-order valence-corrected chi connectivity index (χ0v) is 15.0. The summed E-state index contributed by atoms with van der Waals surface area (Å²) < 4.78 is 6.34. The first-order valence-electron chi connectivity index (χ1n) is 7.63. The Morgan fingerprint density at radius 1 is 1.29 bits per heavy atom. The summed E-state index contributed by atoms with van der Waals surface area (Å²) in [5, 5.41) is 13.7. The Labute approximate surface area is 150 Å². The van der Waals surface area contributed by atoms with E-state index >= 15 is 0 Å². The van der Waals surface area contributed by atoms with Crippen LogP contribution in [-0.2, 0) is 11.3 Å². The summed E-state index contributed by atoms with van der Waals surface area (Å²) in [7, 11) is 0. The monoisotopic (exact) mass is 392 g/mol. The van der Waals surface area contributed by atoms with Crippen molar-refractivity contribution >= 4 is 21.8 Å². The third-order valence-electron chi connectivity index (χ3n) is 3.62. The van der Waals surface area contributed by atoms with Crippen LogP contribution in [0.15, 0.2) is 53.0 Å². The van der Waals surface area contributed by atoms with E-state index in [2.05, 4.69) is 21.2 Å². The fourth-order valence-corrected chi connectivity index (χ4v) is 2.71. The molecule has 2 aromatic rings. The largest absolute Gasteiger partial charge is 0.483 e. The Morgan fingerprint density at radius 2 is 2.00 bits per heavy atom. The highest BCUT2D eigenvalue weighted by molar-refractivity contribution is 9.10. The number of rotatable bonds is 8. The third-order valence-corrected chi connectivity index (χ3v) is 4.11. The van der Waals surface area contributed by atoms with E-state index in [1.54, 1.807) is 6.07 Å². The van der Waals surface area contributed by atoms with E-state index in [1.807, 2.05) is 49.4 Å². The molecule has 5 nitrogen and oxygen atoms in total. The van der Waals surface area contributed by atoms with Crippen LogP contribution in [0.25, 0.3) is 0 Å². The molecule has 0 saturated carbocycles. The van der Waals surface area contributed by atoms with Gasteiger partial charge < -0.3 is 20.9 Å². The Morgan fingerprint density at radius 3 is 2.67 bits per heavy atom. The second-order valence-electron chi connectivity index (χ2n) is 5.53. The number of halogens is 1. The molecule has 1 amide bonds. The molecule has 128 valence electrons. The highest BCUT2D eigenvalue weighted by atomic mass is 79.9. The summed E-state index contributed by atoms with van der Waals surface area (Å²) >= 11 is 3.42. The first-order chi connectivity index (χ1) is 11.5. The van der Waals surface area contributed by atoms with Gasteiger partial charge in [-0.1, -0.05) is 46.3 Å². The summed E-state index contributed by atoms with van der Waals surface area (Å²) in [6.45, 7) is 2.23. The van der Waals surface area contributed by atoms with Crippen molar-refractivity contribution in [2.24, 2.45) is 5.73 Å². The molecular weight excluding hydrogens is 372 g/mol. The summed E-state index contributed by atoms with van der Waals surface area (Å²) in [4.78, 5) is 10.9. The van der Waals surface area contributed by atoms with Crippen LogP contribution in [-0.4, -0.2) is 23.7 Å². The van der Waals surface area contributed by atoms with Crippen LogP contribution < -0.4 is 15.8 Å². The lowest BCUT2D eigenvalue weighted by atomic mass is 10.0. The van der Waals surface area contributed by atoms with Gasteiger partial charge in [-0.3, -0.25) is 4.79 Å². The Bertz CT molecular complexity index is 679. The molecule has 0 aromatic heterocycles. The average Bonchev–Trinajstić information content (AvgIpc) is 2.58. The van der Waals surface area contributed by atoms with Crippen molar-refractivity contribution in [3.63, 3.8) is 0 Å². The SMILES string of the molecule is CC(NCc1cc(Br)ccc1OCC(N)=O)C(O)c1ccccc1. The van der Waals surface area contributed by atoms with Crippen molar-refractivity contribution in [2.75, 3.05) is 6.61 Å². The normalized spacial score (nSPS) is 13.3. The molecule has 0 aliphatic heterocycles. The molecule has 0 bridgehead atoms. The number of primary amides is 1. The van der Waals surface area contributed by atoms with Gasteiger partial charge in [0.15, 0.2) is 6.61 Å². The molecule has 2 rings (SSSR count). The van der Waals surface area contributed by atoms with Crippen molar-refractivity contribution in [3.8, 4) is 5.75 Å². The van der Waals surface area contributed by atoms with Crippen LogP contribution in [0.5, 0.6) is 5.75 Å². The highest BCUT2D eigenvalue weighted by Crippen LogP contribution is 2.24. The second-order valence-corrected chi connectivity index (χ2v) is 6.45. The molecule has 0 saturated heterocycles. The minimum Gasteiger partial charge on any atom is -0.483 e. The van der Waals surface area contributed by atoms with Crippen LogP contribution in [0, 0.1) is 0 Å². The lowest BCUT2D eigenvalue weighted by Crippen LogP contribution is -2.32. The number of nitrogens with one attached hydrogen (secondary N) is 1. The number of carbonyl (C=O) groups is 1. The van der Waals surface area contributed by atoms with Crippen molar-refractivity contribution in [3.05, 3.63) is 64.1 Å². The zero-order chi connectivity index (χ0) is 17.5. The summed E-state index contributed by atoms with van der Waals surface area (Å²) in [5.74, 6) is 0.0654. The first kappa shape index (κ1) is 18.4. The van der Waals surface area contributed by atoms with Gasteiger partial charge in [-0.05, 0) is 30.7 Å². The lowest BCUT2D eigenvalue weighted by Gasteiger charge is -2.21. The number of benzene rings is 2. The van der Waals surface area contributed by atoms with Crippen molar-refractivity contribution in [1.82, 2.24) is 5.32 Å². The lowest BCUT2D eigenvalue weighted by molar-refractivity contribution is -0.119. The van der Waals surface area contributed by atoms with Gasteiger partial charge in [0, 0.05) is 22.6 Å². The van der Waals surface area contributed by atoms with Crippen LogP contribution in [0.3, 0.4) is 0 Å². The topological polar surface area (TPSA) is 84.6 Å². The molecule has 0 radical (unpaired) electrons. The van der Waals surface area contributed by atoms with Gasteiger partial charge in [0.2, 0.25) is 0 Å². The number of aliphatic hydroxyl groups excluding tert-OH is 1. The molecule has 6 heteroatoms. The van der Waals surface area contributed by atoms with E-state index in [0.717, 1.165) is 15.6 Å². The minimum atomic E-state index is -0.617. The van der Waals surface area contributed by atoms with Gasteiger partial charge >= 0.3 is 0 Å². The van der Waals surface area contributed by atoms with Crippen LogP contribution >= 0.6 is 15.9 Å². The van der Waals surface area contributed by atoms with Gasteiger partial charge in [-0.25, -0.2) is 0 Å². The Hall–Kier alpha value is -1.89. The van der Waals surface area contributed by atoms with E-state index in [0.29, 0.717) is 12.3 Å². The number of hydrogen-bond donors (Lipinski definition) is 3. The number of nitrogens with two attached hydrogens (primary N) is 1. The molecule has 0 spiro atoms. The molecular formula is C18H21BrN2O3. The predicted octanol–water partition coefficient (Wildman–Crippen LogP) is 2.52. The molecule has 2 aromatic carbocycles. The Balaban J connectivity index is 2.02. The average molecular weight is 393 g/mol. The maximum absolute atomic E-state index is 10.9. The molecule has 0 aliphatic rings.